The summed E-state index contributed by atoms with van der Waals surface area (Å²) in [4.78, 5) is 11.4. The Bertz CT molecular complexity index is 445. The number of carbonyl (C=O) groups excluding carboxylic acids is 1. The molecule has 0 heterocycles. The lowest BCUT2D eigenvalue weighted by atomic mass is 10.0. The van der Waals surface area contributed by atoms with Gasteiger partial charge in [0.05, 0.1) is 20.3 Å². The number of nitrogens with two attached hydrogens (primary N) is 1. The van der Waals surface area contributed by atoms with E-state index in [1.165, 1.54) is 0 Å². The number of carbonyl (C=O) groups is 1. The second-order valence-corrected chi connectivity index (χ2v) is 4.46. The van der Waals surface area contributed by atoms with Crippen molar-refractivity contribution in [1.29, 1.82) is 0 Å². The molecule has 5 heteroatoms. The minimum Gasteiger partial charge on any atom is -0.493 e. The molecule has 0 spiro atoms. The van der Waals surface area contributed by atoms with Crippen LogP contribution in [0, 0.1) is 6.92 Å². The second kappa shape index (κ2) is 6.99. The van der Waals surface area contributed by atoms with Gasteiger partial charge in [-0.1, -0.05) is 0 Å². The number of amides is 1. The van der Waals surface area contributed by atoms with Gasteiger partial charge in [-0.15, -0.1) is 0 Å². The fourth-order valence-corrected chi connectivity index (χ4v) is 1.77. The Kier molecular flexibility index (Phi) is 5.63. The summed E-state index contributed by atoms with van der Waals surface area (Å²) < 4.78 is 10.5. The Labute approximate surface area is 114 Å². The van der Waals surface area contributed by atoms with Gasteiger partial charge in [-0.2, -0.15) is 0 Å². The van der Waals surface area contributed by atoms with Crippen molar-refractivity contribution >= 4 is 5.91 Å². The smallest absolute Gasteiger partial charge is 0.236 e. The van der Waals surface area contributed by atoms with Crippen LogP contribution in [-0.4, -0.2) is 32.7 Å². The van der Waals surface area contributed by atoms with Crippen molar-refractivity contribution < 1.29 is 14.3 Å². The maximum absolute atomic E-state index is 11.4. The average molecular weight is 266 g/mol. The molecule has 0 saturated carbocycles. The van der Waals surface area contributed by atoms with Crippen molar-refractivity contribution in [2.75, 3.05) is 20.8 Å². The van der Waals surface area contributed by atoms with E-state index in [1.807, 2.05) is 19.1 Å². The molecule has 0 radical (unpaired) electrons. The Balaban J connectivity index is 2.71. The summed E-state index contributed by atoms with van der Waals surface area (Å²) >= 11 is 0. The van der Waals surface area contributed by atoms with Gasteiger partial charge in [0, 0.05) is 6.54 Å². The van der Waals surface area contributed by atoms with E-state index < -0.39 is 6.04 Å². The number of rotatable bonds is 6. The van der Waals surface area contributed by atoms with Crippen LogP contribution in [0.1, 0.15) is 18.1 Å². The SMILES string of the molecule is COc1cc(C)c(CCNC(=O)C(C)N)cc1OC. The molecule has 1 rings (SSSR count). The van der Waals surface area contributed by atoms with Crippen molar-refractivity contribution in [2.45, 2.75) is 26.3 Å². The number of hydrogen-bond acceptors (Lipinski definition) is 4. The first kappa shape index (κ1) is 15.3. The van der Waals surface area contributed by atoms with E-state index in [0.29, 0.717) is 18.0 Å². The first-order valence-corrected chi connectivity index (χ1v) is 6.24. The lowest BCUT2D eigenvalue weighted by Gasteiger charge is -2.13. The fraction of sp³-hybridized carbons (Fsp3) is 0.500. The highest BCUT2D eigenvalue weighted by Crippen LogP contribution is 2.30. The van der Waals surface area contributed by atoms with Crippen LogP contribution >= 0.6 is 0 Å². The first-order chi connectivity index (χ1) is 8.99. The van der Waals surface area contributed by atoms with E-state index in [0.717, 1.165) is 17.5 Å². The number of methoxy groups -OCH3 is 2. The van der Waals surface area contributed by atoms with Gasteiger partial charge in [0.15, 0.2) is 11.5 Å². The molecule has 1 aromatic carbocycles. The van der Waals surface area contributed by atoms with Crippen molar-refractivity contribution in [2.24, 2.45) is 5.73 Å². The van der Waals surface area contributed by atoms with Crippen LogP contribution in [0.4, 0.5) is 0 Å². The van der Waals surface area contributed by atoms with Crippen molar-refractivity contribution in [3.8, 4) is 11.5 Å². The number of ether oxygens (including phenoxy) is 2. The predicted octanol–water partition coefficient (Wildman–Crippen LogP) is 1.02. The van der Waals surface area contributed by atoms with Crippen LogP contribution in [0.15, 0.2) is 12.1 Å². The zero-order valence-corrected chi connectivity index (χ0v) is 11.9. The van der Waals surface area contributed by atoms with Crippen LogP contribution in [0.25, 0.3) is 0 Å². The van der Waals surface area contributed by atoms with Gasteiger partial charge in [-0.3, -0.25) is 4.79 Å². The molecule has 0 aromatic heterocycles. The van der Waals surface area contributed by atoms with Crippen LogP contribution in [0.3, 0.4) is 0 Å². The highest BCUT2D eigenvalue weighted by Gasteiger charge is 2.10. The van der Waals surface area contributed by atoms with Gasteiger partial charge >= 0.3 is 0 Å². The van der Waals surface area contributed by atoms with E-state index in [-0.39, 0.29) is 5.91 Å². The van der Waals surface area contributed by atoms with Gasteiger partial charge < -0.3 is 20.5 Å². The van der Waals surface area contributed by atoms with Crippen LogP contribution < -0.4 is 20.5 Å². The molecule has 106 valence electrons. The third kappa shape index (κ3) is 4.13. The summed E-state index contributed by atoms with van der Waals surface area (Å²) in [5.41, 5.74) is 7.70. The largest absolute Gasteiger partial charge is 0.493 e. The molecule has 0 saturated heterocycles. The molecule has 0 aliphatic heterocycles. The molecule has 1 atom stereocenters. The quantitative estimate of drug-likeness (QED) is 0.806. The van der Waals surface area contributed by atoms with Crippen molar-refractivity contribution in [3.05, 3.63) is 23.3 Å². The number of aryl methyl sites for hydroxylation is 1. The molecule has 1 unspecified atom stereocenters. The number of nitrogens with one attached hydrogen (secondary N) is 1. The van der Waals surface area contributed by atoms with Gasteiger partial charge in [-0.25, -0.2) is 0 Å². The molecule has 1 amide bonds. The molecule has 0 fully saturated rings. The third-order valence-corrected chi connectivity index (χ3v) is 2.95. The topological polar surface area (TPSA) is 73.6 Å². The summed E-state index contributed by atoms with van der Waals surface area (Å²) in [7, 11) is 3.22. The summed E-state index contributed by atoms with van der Waals surface area (Å²) in [5.74, 6) is 1.27. The highest BCUT2D eigenvalue weighted by atomic mass is 16.5. The Hall–Kier alpha value is -1.75. The lowest BCUT2D eigenvalue weighted by molar-refractivity contribution is -0.121. The molecule has 5 nitrogen and oxygen atoms in total. The molecule has 3 N–H and O–H groups in total. The molecule has 0 bridgehead atoms. The molecular formula is C14H22N2O3. The predicted molar refractivity (Wildman–Crippen MR) is 74.6 cm³/mol. The minimum absolute atomic E-state index is 0.141. The Morgan fingerprint density at radius 1 is 1.32 bits per heavy atom. The molecule has 19 heavy (non-hydrogen) atoms. The van der Waals surface area contributed by atoms with Gasteiger partial charge in [0.2, 0.25) is 5.91 Å². The number of benzene rings is 1. The standard InChI is InChI=1S/C14H22N2O3/c1-9-7-12(18-3)13(19-4)8-11(9)5-6-16-14(17)10(2)15/h7-8,10H,5-6,15H2,1-4H3,(H,16,17). The maximum Gasteiger partial charge on any atom is 0.236 e. The summed E-state index contributed by atoms with van der Waals surface area (Å²) in [6.45, 7) is 4.22. The summed E-state index contributed by atoms with van der Waals surface area (Å²) in [5, 5.41) is 2.79. The zero-order chi connectivity index (χ0) is 14.4. The van der Waals surface area contributed by atoms with Gasteiger partial charge in [0.1, 0.15) is 0 Å². The normalized spacial score (nSPS) is 11.8. The Morgan fingerprint density at radius 2 is 1.89 bits per heavy atom. The summed E-state index contributed by atoms with van der Waals surface area (Å²) in [6, 6.07) is 3.39. The lowest BCUT2D eigenvalue weighted by Crippen LogP contribution is -2.39. The van der Waals surface area contributed by atoms with E-state index in [9.17, 15) is 4.79 Å². The van der Waals surface area contributed by atoms with Crippen molar-refractivity contribution in [1.82, 2.24) is 5.32 Å². The molecule has 0 aliphatic carbocycles. The van der Waals surface area contributed by atoms with Crippen molar-refractivity contribution in [3.63, 3.8) is 0 Å². The molecule has 1 aromatic rings. The monoisotopic (exact) mass is 266 g/mol. The average Bonchev–Trinajstić information content (AvgIpc) is 2.39. The third-order valence-electron chi connectivity index (χ3n) is 2.95. The van der Waals surface area contributed by atoms with Crippen LogP contribution in [0.5, 0.6) is 11.5 Å². The number of hydrogen-bond donors (Lipinski definition) is 2. The molecular weight excluding hydrogens is 244 g/mol. The Morgan fingerprint density at radius 3 is 2.42 bits per heavy atom. The van der Waals surface area contributed by atoms with Gasteiger partial charge in [-0.05, 0) is 43.5 Å². The van der Waals surface area contributed by atoms with E-state index >= 15 is 0 Å². The zero-order valence-electron chi connectivity index (χ0n) is 11.9. The fourth-order valence-electron chi connectivity index (χ4n) is 1.77. The maximum atomic E-state index is 11.4. The first-order valence-electron chi connectivity index (χ1n) is 6.24. The second-order valence-electron chi connectivity index (χ2n) is 4.46. The van der Waals surface area contributed by atoms with E-state index in [4.69, 9.17) is 15.2 Å². The van der Waals surface area contributed by atoms with E-state index in [1.54, 1.807) is 21.1 Å². The molecule has 0 aliphatic rings. The summed E-state index contributed by atoms with van der Waals surface area (Å²) in [6.07, 6.45) is 0.727. The van der Waals surface area contributed by atoms with Crippen LogP contribution in [-0.2, 0) is 11.2 Å². The van der Waals surface area contributed by atoms with Crippen LogP contribution in [0.2, 0.25) is 0 Å². The minimum atomic E-state index is -0.480. The van der Waals surface area contributed by atoms with Gasteiger partial charge in [0.25, 0.3) is 0 Å². The highest BCUT2D eigenvalue weighted by molar-refractivity contribution is 5.80. The van der Waals surface area contributed by atoms with E-state index in [2.05, 4.69) is 5.32 Å².